The van der Waals surface area contributed by atoms with Crippen LogP contribution in [0.25, 0.3) is 11.1 Å². The quantitative estimate of drug-likeness (QED) is 0.370. The minimum atomic E-state index is 0.0261. The predicted molar refractivity (Wildman–Crippen MR) is 120 cm³/mol. The van der Waals surface area contributed by atoms with Crippen LogP contribution >= 0.6 is 0 Å². The van der Waals surface area contributed by atoms with Crippen molar-refractivity contribution in [2.75, 3.05) is 9.80 Å². The lowest BCUT2D eigenvalue weighted by Crippen LogP contribution is -2.49. The summed E-state index contributed by atoms with van der Waals surface area (Å²) in [7, 11) is 0. The first-order valence-corrected chi connectivity index (χ1v) is 10.3. The van der Waals surface area contributed by atoms with E-state index in [2.05, 4.69) is 105 Å². The molecule has 0 aromatic heterocycles. The zero-order valence-electron chi connectivity index (χ0n) is 17.5. The summed E-state index contributed by atoms with van der Waals surface area (Å²) >= 11 is 0. The Morgan fingerprint density at radius 1 is 0.821 bits per heavy atom. The summed E-state index contributed by atoms with van der Waals surface area (Å²) in [5.74, 6) is 0. The fraction of sp³-hybridized carbons (Fsp3) is 0.308. The molecular weight excluding hydrogens is 340 g/mol. The molecule has 0 fully saturated rings. The molecule has 0 saturated heterocycles. The first kappa shape index (κ1) is 17.4. The first-order valence-electron chi connectivity index (χ1n) is 10.3. The van der Waals surface area contributed by atoms with Crippen molar-refractivity contribution in [2.24, 2.45) is 0 Å². The van der Waals surface area contributed by atoms with E-state index >= 15 is 0 Å². The summed E-state index contributed by atoms with van der Waals surface area (Å²) in [6.45, 7) is 11.5. The summed E-state index contributed by atoms with van der Waals surface area (Å²) in [5, 5.41) is 0. The predicted octanol–water partition coefficient (Wildman–Crippen LogP) is 6.67. The minimum absolute atomic E-state index is 0.0261. The summed E-state index contributed by atoms with van der Waals surface area (Å²) in [4.78, 5) is 5.15. The lowest BCUT2D eigenvalue weighted by atomic mass is 9.98. The topological polar surface area (TPSA) is 6.48 Å². The van der Waals surface area contributed by atoms with E-state index in [1.807, 2.05) is 0 Å². The van der Waals surface area contributed by atoms with Gasteiger partial charge in [-0.1, -0.05) is 48.5 Å². The Kier molecular flexibility index (Phi) is 3.64. The van der Waals surface area contributed by atoms with Crippen LogP contribution in [0.5, 0.6) is 0 Å². The molecular formula is C26H28N2. The molecule has 0 radical (unpaired) electrons. The standard InChI is InChI=1S/C26H28N2/c1-17-10-6-9-13-22(17)27-18(2)28(26(3,4)5)25-23(27)15-14-20-16-19-11-7-8-12-21(19)24(20)25/h6-15,18H,16H2,1-5H3/t18-/m1/s1. The molecule has 0 bridgehead atoms. The smallest absolute Gasteiger partial charge is 0.104 e. The number of aryl methyl sites for hydroxylation is 1. The van der Waals surface area contributed by atoms with Crippen LogP contribution in [0.4, 0.5) is 17.1 Å². The van der Waals surface area contributed by atoms with E-state index in [1.54, 1.807) is 0 Å². The van der Waals surface area contributed by atoms with Crippen LogP contribution in [0.3, 0.4) is 0 Å². The van der Waals surface area contributed by atoms with E-state index in [0.717, 1.165) is 6.42 Å². The Morgan fingerprint density at radius 2 is 1.54 bits per heavy atom. The molecule has 28 heavy (non-hydrogen) atoms. The molecule has 1 atom stereocenters. The number of anilines is 3. The molecule has 2 heteroatoms. The van der Waals surface area contributed by atoms with Gasteiger partial charge in [-0.3, -0.25) is 0 Å². The minimum Gasteiger partial charge on any atom is -0.344 e. The molecule has 0 saturated carbocycles. The van der Waals surface area contributed by atoms with Gasteiger partial charge in [0, 0.05) is 16.8 Å². The molecule has 0 spiro atoms. The van der Waals surface area contributed by atoms with Crippen molar-refractivity contribution in [3.8, 4) is 11.1 Å². The zero-order valence-corrected chi connectivity index (χ0v) is 17.5. The van der Waals surface area contributed by atoms with Crippen LogP contribution in [-0.4, -0.2) is 11.7 Å². The molecule has 0 unspecified atom stereocenters. The first-order chi connectivity index (χ1) is 13.4. The van der Waals surface area contributed by atoms with Crippen LogP contribution in [0.2, 0.25) is 0 Å². The number of nitrogens with zero attached hydrogens (tertiary/aromatic N) is 2. The summed E-state index contributed by atoms with van der Waals surface area (Å²) in [5.41, 5.74) is 11.1. The van der Waals surface area contributed by atoms with Crippen molar-refractivity contribution in [1.29, 1.82) is 0 Å². The van der Waals surface area contributed by atoms with Gasteiger partial charge in [0.15, 0.2) is 0 Å². The number of fused-ring (bicyclic) bond motifs is 5. The second-order valence-electron chi connectivity index (χ2n) is 9.13. The van der Waals surface area contributed by atoms with Crippen molar-refractivity contribution in [1.82, 2.24) is 0 Å². The van der Waals surface area contributed by atoms with E-state index in [-0.39, 0.29) is 11.7 Å². The Balaban J connectivity index is 1.81. The second-order valence-corrected chi connectivity index (χ2v) is 9.13. The fourth-order valence-corrected chi connectivity index (χ4v) is 5.20. The molecule has 2 aliphatic rings. The van der Waals surface area contributed by atoms with Crippen LogP contribution in [0.1, 0.15) is 44.4 Å². The summed E-state index contributed by atoms with van der Waals surface area (Å²) in [6.07, 6.45) is 1.30. The number of hydrogen-bond acceptors (Lipinski definition) is 2. The van der Waals surface area contributed by atoms with Crippen molar-refractivity contribution >= 4 is 17.1 Å². The van der Waals surface area contributed by atoms with Crippen LogP contribution in [0, 0.1) is 6.92 Å². The molecule has 2 nitrogen and oxygen atoms in total. The molecule has 0 N–H and O–H groups in total. The number of rotatable bonds is 1. The van der Waals surface area contributed by atoms with Crippen molar-refractivity contribution < 1.29 is 0 Å². The average molecular weight is 369 g/mol. The highest BCUT2D eigenvalue weighted by Crippen LogP contribution is 2.55. The molecule has 1 heterocycles. The van der Waals surface area contributed by atoms with Gasteiger partial charge in [-0.05, 0) is 75.4 Å². The summed E-state index contributed by atoms with van der Waals surface area (Å²) in [6, 6.07) is 22.3. The van der Waals surface area contributed by atoms with Crippen LogP contribution in [-0.2, 0) is 6.42 Å². The SMILES string of the molecule is Cc1ccccc1N1c2ccc3c(c2N(C(C)(C)C)[C@@H]1C)-c1ccccc1C3. The third-order valence-corrected chi connectivity index (χ3v) is 6.26. The average Bonchev–Trinajstić information content (AvgIpc) is 3.16. The number of hydrogen-bond donors (Lipinski definition) is 0. The highest BCUT2D eigenvalue weighted by Gasteiger charge is 2.43. The summed E-state index contributed by atoms with van der Waals surface area (Å²) < 4.78 is 0. The molecule has 1 aliphatic carbocycles. The molecule has 1 aliphatic heterocycles. The van der Waals surface area contributed by atoms with Crippen molar-refractivity contribution in [3.05, 3.63) is 77.4 Å². The molecule has 3 aromatic rings. The highest BCUT2D eigenvalue weighted by atomic mass is 15.4. The van der Waals surface area contributed by atoms with E-state index in [9.17, 15) is 0 Å². The third kappa shape index (κ3) is 2.33. The maximum atomic E-state index is 2.62. The fourth-order valence-electron chi connectivity index (χ4n) is 5.20. The Labute approximate surface area is 168 Å². The maximum Gasteiger partial charge on any atom is 0.104 e. The van der Waals surface area contributed by atoms with E-state index in [4.69, 9.17) is 0 Å². The van der Waals surface area contributed by atoms with Gasteiger partial charge < -0.3 is 9.80 Å². The van der Waals surface area contributed by atoms with Gasteiger partial charge >= 0.3 is 0 Å². The molecule has 142 valence electrons. The normalized spacial score (nSPS) is 17.5. The van der Waals surface area contributed by atoms with Crippen molar-refractivity contribution in [3.63, 3.8) is 0 Å². The van der Waals surface area contributed by atoms with E-state index in [0.29, 0.717) is 0 Å². The van der Waals surface area contributed by atoms with Crippen LogP contribution < -0.4 is 9.80 Å². The Hall–Kier alpha value is -2.74. The van der Waals surface area contributed by atoms with Gasteiger partial charge in [0.2, 0.25) is 0 Å². The number of para-hydroxylation sites is 1. The van der Waals surface area contributed by atoms with Crippen LogP contribution in [0.15, 0.2) is 60.7 Å². The lowest BCUT2D eigenvalue weighted by molar-refractivity contribution is 0.469. The largest absolute Gasteiger partial charge is 0.344 e. The number of benzene rings is 3. The zero-order chi connectivity index (χ0) is 19.6. The Morgan fingerprint density at radius 3 is 2.29 bits per heavy atom. The van der Waals surface area contributed by atoms with Gasteiger partial charge in [-0.2, -0.15) is 0 Å². The van der Waals surface area contributed by atoms with Gasteiger partial charge in [0.25, 0.3) is 0 Å². The molecule has 0 amide bonds. The molecule has 3 aromatic carbocycles. The van der Waals surface area contributed by atoms with Gasteiger partial charge in [0.05, 0.1) is 11.4 Å². The second kappa shape index (κ2) is 5.88. The van der Waals surface area contributed by atoms with Gasteiger partial charge in [-0.25, -0.2) is 0 Å². The molecule has 5 rings (SSSR count). The maximum absolute atomic E-state index is 2.62. The van der Waals surface area contributed by atoms with Gasteiger partial charge in [-0.15, -0.1) is 0 Å². The van der Waals surface area contributed by atoms with E-state index in [1.165, 1.54) is 44.9 Å². The lowest BCUT2D eigenvalue weighted by Gasteiger charge is -2.40. The van der Waals surface area contributed by atoms with Crippen molar-refractivity contribution in [2.45, 2.75) is 52.7 Å². The third-order valence-electron chi connectivity index (χ3n) is 6.26. The Bertz CT molecular complexity index is 1070. The monoisotopic (exact) mass is 368 g/mol. The van der Waals surface area contributed by atoms with Gasteiger partial charge in [0.1, 0.15) is 6.17 Å². The highest BCUT2D eigenvalue weighted by molar-refractivity contribution is 5.99. The van der Waals surface area contributed by atoms with E-state index < -0.39 is 0 Å².